The highest BCUT2D eigenvalue weighted by atomic mass is 16.5. The van der Waals surface area contributed by atoms with Gasteiger partial charge in [0.25, 0.3) is 5.91 Å². The van der Waals surface area contributed by atoms with Crippen LogP contribution in [0.15, 0.2) is 48.5 Å². The minimum Gasteiger partial charge on any atom is -0.378 e. The van der Waals surface area contributed by atoms with Crippen molar-refractivity contribution in [3.05, 3.63) is 65.4 Å². The highest BCUT2D eigenvalue weighted by Gasteiger charge is 2.15. The second-order valence-electron chi connectivity index (χ2n) is 6.63. The summed E-state index contributed by atoms with van der Waals surface area (Å²) in [7, 11) is 0. The van der Waals surface area contributed by atoms with Crippen molar-refractivity contribution in [3.8, 4) is 0 Å². The number of benzene rings is 2. The second kappa shape index (κ2) is 7.22. The average Bonchev–Trinajstić information content (AvgIpc) is 3.13. The number of hydrogen-bond acceptors (Lipinski definition) is 3. The summed E-state index contributed by atoms with van der Waals surface area (Å²) in [6, 6.07) is 16.2. The second-order valence-corrected chi connectivity index (χ2v) is 6.63. The smallest absolute Gasteiger partial charge is 0.267 e. The van der Waals surface area contributed by atoms with E-state index in [0.29, 0.717) is 12.2 Å². The van der Waals surface area contributed by atoms with Gasteiger partial charge in [-0.3, -0.25) is 4.79 Å². The van der Waals surface area contributed by atoms with Crippen LogP contribution in [0.4, 0.5) is 5.69 Å². The third kappa shape index (κ3) is 3.30. The maximum atomic E-state index is 12.6. The van der Waals surface area contributed by atoms with Crippen LogP contribution in [0.25, 0.3) is 10.9 Å². The normalized spacial score (nSPS) is 14.6. The predicted molar refractivity (Wildman–Crippen MR) is 104 cm³/mol. The van der Waals surface area contributed by atoms with Crippen LogP contribution in [-0.2, 0) is 11.3 Å². The van der Waals surface area contributed by atoms with Crippen LogP contribution in [0.3, 0.4) is 0 Å². The molecule has 0 unspecified atom stereocenters. The fraction of sp³-hybridized carbons (Fsp3) is 0.286. The van der Waals surface area contributed by atoms with Gasteiger partial charge in [0.2, 0.25) is 0 Å². The minimum atomic E-state index is -0.0858. The molecule has 1 amide bonds. The van der Waals surface area contributed by atoms with E-state index in [1.165, 1.54) is 5.69 Å². The first-order valence-electron chi connectivity index (χ1n) is 8.99. The largest absolute Gasteiger partial charge is 0.378 e. The number of aryl methyl sites for hydroxylation is 1. The molecule has 1 saturated heterocycles. The van der Waals surface area contributed by atoms with Gasteiger partial charge in [-0.1, -0.05) is 36.4 Å². The number of carbonyl (C=O) groups excluding carboxylic acids is 1. The molecule has 1 aromatic heterocycles. The molecule has 0 atom stereocenters. The molecule has 1 aliphatic rings. The Labute approximate surface area is 153 Å². The van der Waals surface area contributed by atoms with E-state index in [1.54, 1.807) is 0 Å². The summed E-state index contributed by atoms with van der Waals surface area (Å²) in [4.78, 5) is 18.2. The molecule has 26 heavy (non-hydrogen) atoms. The topological polar surface area (TPSA) is 57.4 Å². The van der Waals surface area contributed by atoms with Gasteiger partial charge in [0.1, 0.15) is 5.69 Å². The zero-order valence-corrected chi connectivity index (χ0v) is 14.9. The van der Waals surface area contributed by atoms with E-state index in [9.17, 15) is 4.79 Å². The lowest BCUT2D eigenvalue weighted by atomic mass is 10.1. The van der Waals surface area contributed by atoms with Crippen molar-refractivity contribution in [2.24, 2.45) is 0 Å². The summed E-state index contributed by atoms with van der Waals surface area (Å²) >= 11 is 0. The Morgan fingerprint density at radius 1 is 1.15 bits per heavy atom. The van der Waals surface area contributed by atoms with E-state index >= 15 is 0 Å². The number of nitrogens with one attached hydrogen (secondary N) is 2. The molecule has 5 heteroatoms. The molecule has 134 valence electrons. The summed E-state index contributed by atoms with van der Waals surface area (Å²) in [5, 5.41) is 4.11. The van der Waals surface area contributed by atoms with Crippen LogP contribution in [0.5, 0.6) is 0 Å². The van der Waals surface area contributed by atoms with Crippen molar-refractivity contribution in [1.82, 2.24) is 10.3 Å². The first-order chi connectivity index (χ1) is 12.7. The van der Waals surface area contributed by atoms with Gasteiger partial charge < -0.3 is 19.9 Å². The number of rotatable bonds is 4. The average molecular weight is 349 g/mol. The molecule has 1 fully saturated rings. The van der Waals surface area contributed by atoms with Crippen molar-refractivity contribution in [2.75, 3.05) is 31.2 Å². The van der Waals surface area contributed by atoms with Gasteiger partial charge >= 0.3 is 0 Å². The Morgan fingerprint density at radius 2 is 1.96 bits per heavy atom. The SMILES string of the molecule is Cc1cccc2cc(C(=O)NCc3ccccc3N3CCOCC3)[nH]c12. The molecule has 2 N–H and O–H groups in total. The molecule has 3 aromatic rings. The molecule has 0 radical (unpaired) electrons. The summed E-state index contributed by atoms with van der Waals surface area (Å²) < 4.78 is 5.44. The number of carbonyl (C=O) groups is 1. The van der Waals surface area contributed by atoms with Crippen LogP contribution in [-0.4, -0.2) is 37.2 Å². The molecular formula is C21H23N3O2. The Bertz CT molecular complexity index is 926. The number of morpholine rings is 1. The lowest BCUT2D eigenvalue weighted by molar-refractivity contribution is 0.0946. The van der Waals surface area contributed by atoms with E-state index in [4.69, 9.17) is 4.74 Å². The van der Waals surface area contributed by atoms with Crippen molar-refractivity contribution in [1.29, 1.82) is 0 Å². The number of nitrogens with zero attached hydrogens (tertiary/aromatic N) is 1. The number of aromatic amines is 1. The molecule has 1 aliphatic heterocycles. The molecule has 5 nitrogen and oxygen atoms in total. The van der Waals surface area contributed by atoms with Crippen molar-refractivity contribution in [3.63, 3.8) is 0 Å². The van der Waals surface area contributed by atoms with E-state index < -0.39 is 0 Å². The molecule has 4 rings (SSSR count). The summed E-state index contributed by atoms with van der Waals surface area (Å²) in [5.74, 6) is -0.0858. The molecule has 2 aromatic carbocycles. The molecule has 0 spiro atoms. The maximum absolute atomic E-state index is 12.6. The van der Waals surface area contributed by atoms with Crippen molar-refractivity contribution >= 4 is 22.5 Å². The Balaban J connectivity index is 1.50. The first-order valence-corrected chi connectivity index (χ1v) is 8.99. The molecule has 2 heterocycles. The monoisotopic (exact) mass is 349 g/mol. The minimum absolute atomic E-state index is 0.0858. The van der Waals surface area contributed by atoms with Gasteiger partial charge in [-0.25, -0.2) is 0 Å². The lowest BCUT2D eigenvalue weighted by Gasteiger charge is -2.30. The highest BCUT2D eigenvalue weighted by molar-refractivity contribution is 5.98. The highest BCUT2D eigenvalue weighted by Crippen LogP contribution is 2.22. The zero-order chi connectivity index (χ0) is 17.9. The number of para-hydroxylation sites is 2. The van der Waals surface area contributed by atoms with Crippen LogP contribution < -0.4 is 10.2 Å². The van der Waals surface area contributed by atoms with E-state index in [0.717, 1.165) is 48.3 Å². The fourth-order valence-electron chi connectivity index (χ4n) is 3.47. The van der Waals surface area contributed by atoms with E-state index in [1.807, 2.05) is 43.3 Å². The molecule has 0 bridgehead atoms. The molecule has 0 aliphatic carbocycles. The number of H-pyrrole nitrogens is 1. The van der Waals surface area contributed by atoms with Gasteiger partial charge in [0.15, 0.2) is 0 Å². The Hall–Kier alpha value is -2.79. The number of anilines is 1. The van der Waals surface area contributed by atoms with Crippen LogP contribution in [0.1, 0.15) is 21.6 Å². The summed E-state index contributed by atoms with van der Waals surface area (Å²) in [6.45, 7) is 5.79. The zero-order valence-electron chi connectivity index (χ0n) is 14.9. The van der Waals surface area contributed by atoms with Crippen LogP contribution in [0, 0.1) is 6.92 Å². The van der Waals surface area contributed by atoms with Crippen LogP contribution >= 0.6 is 0 Å². The third-order valence-electron chi connectivity index (χ3n) is 4.89. The lowest BCUT2D eigenvalue weighted by Crippen LogP contribution is -2.37. The van der Waals surface area contributed by atoms with Crippen molar-refractivity contribution < 1.29 is 9.53 Å². The number of aromatic nitrogens is 1. The van der Waals surface area contributed by atoms with Gasteiger partial charge in [0.05, 0.1) is 13.2 Å². The van der Waals surface area contributed by atoms with Gasteiger partial charge in [-0.05, 0) is 30.2 Å². The van der Waals surface area contributed by atoms with E-state index in [2.05, 4.69) is 27.3 Å². The third-order valence-corrected chi connectivity index (χ3v) is 4.89. The Kier molecular flexibility index (Phi) is 4.63. The number of fused-ring (bicyclic) bond motifs is 1. The fourth-order valence-corrected chi connectivity index (χ4v) is 3.47. The van der Waals surface area contributed by atoms with Crippen molar-refractivity contribution in [2.45, 2.75) is 13.5 Å². The molecule has 0 saturated carbocycles. The van der Waals surface area contributed by atoms with Gasteiger partial charge in [-0.15, -0.1) is 0 Å². The first kappa shape index (κ1) is 16.7. The number of ether oxygens (including phenoxy) is 1. The van der Waals surface area contributed by atoms with Gasteiger partial charge in [-0.2, -0.15) is 0 Å². The molecular weight excluding hydrogens is 326 g/mol. The number of hydrogen-bond donors (Lipinski definition) is 2. The predicted octanol–water partition coefficient (Wildman–Crippen LogP) is 3.24. The summed E-state index contributed by atoms with van der Waals surface area (Å²) in [5.41, 5.74) is 5.04. The standard InChI is InChI=1S/C21H23N3O2/c1-15-5-4-7-16-13-18(23-20(15)16)21(25)22-14-17-6-2-3-8-19(17)24-9-11-26-12-10-24/h2-8,13,23H,9-12,14H2,1H3,(H,22,25). The summed E-state index contributed by atoms with van der Waals surface area (Å²) in [6.07, 6.45) is 0. The quantitative estimate of drug-likeness (QED) is 0.760. The van der Waals surface area contributed by atoms with Gasteiger partial charge in [0, 0.05) is 36.2 Å². The van der Waals surface area contributed by atoms with Crippen LogP contribution in [0.2, 0.25) is 0 Å². The number of amides is 1. The Morgan fingerprint density at radius 3 is 2.77 bits per heavy atom. The van der Waals surface area contributed by atoms with E-state index in [-0.39, 0.29) is 5.91 Å². The maximum Gasteiger partial charge on any atom is 0.267 e.